The van der Waals surface area contributed by atoms with Crippen molar-refractivity contribution in [3.05, 3.63) is 0 Å². The third-order valence-corrected chi connectivity index (χ3v) is 1.27. The molecule has 0 radical (unpaired) electrons. The van der Waals surface area contributed by atoms with Crippen molar-refractivity contribution in [3.63, 3.8) is 0 Å². The van der Waals surface area contributed by atoms with E-state index < -0.39 is 23.4 Å². The molecule has 2 nitrogen and oxygen atoms in total. The lowest BCUT2D eigenvalue weighted by Crippen LogP contribution is -2.13. The van der Waals surface area contributed by atoms with Crippen molar-refractivity contribution in [2.45, 2.75) is 19.3 Å². The minimum absolute atomic E-state index is 0.358. The number of rotatable bonds is 3. The molecule has 0 fully saturated rings. The van der Waals surface area contributed by atoms with E-state index in [1.807, 2.05) is 0 Å². The summed E-state index contributed by atoms with van der Waals surface area (Å²) >= 11 is -2.09. The van der Waals surface area contributed by atoms with Crippen LogP contribution in [0.1, 0.15) is 13.3 Å². The Bertz CT molecular complexity index is 110. The van der Waals surface area contributed by atoms with Crippen molar-refractivity contribution in [1.29, 1.82) is 0 Å². The van der Waals surface area contributed by atoms with Crippen LogP contribution in [0.25, 0.3) is 0 Å². The highest BCUT2D eigenvalue weighted by Crippen LogP contribution is 2.16. The second-order valence-electron chi connectivity index (χ2n) is 1.85. The predicted octanol–water partition coefficient (Wildman–Crippen LogP) is 1.25. The zero-order valence-electron chi connectivity index (χ0n) is 4.93. The summed E-state index contributed by atoms with van der Waals surface area (Å²) in [6.07, 6.45) is -0.532. The Balaban J connectivity index is 3.39. The van der Waals surface area contributed by atoms with Crippen LogP contribution in [0.2, 0.25) is 0 Å². The molecule has 0 saturated heterocycles. The first-order chi connectivity index (χ1) is 3.92. The van der Waals surface area contributed by atoms with E-state index in [-0.39, 0.29) is 5.75 Å². The second kappa shape index (κ2) is 3.22. The molecule has 0 aromatic carbocycles. The van der Waals surface area contributed by atoms with Crippen molar-refractivity contribution in [1.82, 2.24) is 0 Å². The summed E-state index contributed by atoms with van der Waals surface area (Å²) in [5.74, 6) is -3.18. The zero-order valence-corrected chi connectivity index (χ0v) is 5.75. The molecule has 0 aromatic rings. The highest BCUT2D eigenvalue weighted by molar-refractivity contribution is 7.79. The Morgan fingerprint density at radius 2 is 2.11 bits per heavy atom. The Hall–Kier alpha value is -0.0300. The standard InChI is InChI=1S/C4H8F2O2S/c1-4(5,6)2-3-9(7)8/h2-3H2,1H3,(H,7,8). The number of alkyl halides is 2. The van der Waals surface area contributed by atoms with E-state index in [1.165, 1.54) is 0 Å². The molecule has 0 rings (SSSR count). The van der Waals surface area contributed by atoms with E-state index in [4.69, 9.17) is 4.55 Å². The van der Waals surface area contributed by atoms with Gasteiger partial charge in [0.2, 0.25) is 5.92 Å². The molecule has 0 spiro atoms. The second-order valence-corrected chi connectivity index (χ2v) is 2.90. The maximum Gasteiger partial charge on any atom is 0.246 e. The monoisotopic (exact) mass is 158 g/mol. The van der Waals surface area contributed by atoms with Crippen molar-refractivity contribution < 1.29 is 17.5 Å². The van der Waals surface area contributed by atoms with E-state index >= 15 is 0 Å². The normalized spacial score (nSPS) is 15.6. The quantitative estimate of drug-likeness (QED) is 0.628. The van der Waals surface area contributed by atoms with Gasteiger partial charge in [-0.1, -0.05) is 0 Å². The molecular formula is C4H8F2O2S. The van der Waals surface area contributed by atoms with Crippen LogP contribution in [0.4, 0.5) is 8.78 Å². The summed E-state index contributed by atoms with van der Waals surface area (Å²) in [5.41, 5.74) is 0. The minimum atomic E-state index is -2.82. The summed E-state index contributed by atoms with van der Waals surface area (Å²) in [6, 6.07) is 0. The molecule has 9 heavy (non-hydrogen) atoms. The highest BCUT2D eigenvalue weighted by atomic mass is 32.2. The first kappa shape index (κ1) is 8.97. The fourth-order valence-corrected chi connectivity index (χ4v) is 0.800. The lowest BCUT2D eigenvalue weighted by Gasteiger charge is -2.06. The molecular weight excluding hydrogens is 150 g/mol. The van der Waals surface area contributed by atoms with Crippen molar-refractivity contribution in [3.8, 4) is 0 Å². The fourth-order valence-electron chi connectivity index (χ4n) is 0.267. The minimum Gasteiger partial charge on any atom is -0.306 e. The third kappa shape index (κ3) is 7.97. The molecule has 1 atom stereocenters. The Morgan fingerprint density at radius 1 is 1.67 bits per heavy atom. The summed E-state index contributed by atoms with van der Waals surface area (Å²) in [7, 11) is 0. The third-order valence-electron chi connectivity index (χ3n) is 0.716. The molecule has 56 valence electrons. The maximum absolute atomic E-state index is 11.8. The Labute approximate surface area is 54.5 Å². The van der Waals surface area contributed by atoms with Crippen molar-refractivity contribution in [2.24, 2.45) is 0 Å². The van der Waals surface area contributed by atoms with Gasteiger partial charge >= 0.3 is 0 Å². The maximum atomic E-state index is 11.8. The summed E-state index contributed by atoms with van der Waals surface area (Å²) in [6.45, 7) is 0.722. The molecule has 0 heterocycles. The van der Waals surface area contributed by atoms with Gasteiger partial charge in [0.1, 0.15) is 0 Å². The summed E-state index contributed by atoms with van der Waals surface area (Å²) < 4.78 is 41.6. The van der Waals surface area contributed by atoms with Crippen LogP contribution < -0.4 is 0 Å². The van der Waals surface area contributed by atoms with E-state index in [0.29, 0.717) is 0 Å². The number of halogens is 2. The number of hydrogen-bond acceptors (Lipinski definition) is 1. The van der Waals surface area contributed by atoms with Gasteiger partial charge in [0.05, 0.1) is 5.75 Å². The van der Waals surface area contributed by atoms with Crippen molar-refractivity contribution in [2.75, 3.05) is 5.75 Å². The van der Waals surface area contributed by atoms with Crippen LogP contribution in [-0.2, 0) is 11.1 Å². The van der Waals surface area contributed by atoms with E-state index in [1.54, 1.807) is 0 Å². The summed E-state index contributed by atoms with van der Waals surface area (Å²) in [5, 5.41) is 0. The SMILES string of the molecule is CC(F)(F)CCS(=O)O. The highest BCUT2D eigenvalue weighted by Gasteiger charge is 2.21. The topological polar surface area (TPSA) is 37.3 Å². The van der Waals surface area contributed by atoms with Crippen LogP contribution in [0, 0.1) is 0 Å². The molecule has 0 aliphatic heterocycles. The molecule has 0 saturated carbocycles. The number of hydrogen-bond donors (Lipinski definition) is 1. The molecule has 0 aromatic heterocycles. The largest absolute Gasteiger partial charge is 0.306 e. The van der Waals surface area contributed by atoms with Crippen LogP contribution >= 0.6 is 0 Å². The molecule has 0 bridgehead atoms. The van der Waals surface area contributed by atoms with Crippen LogP contribution in [-0.4, -0.2) is 20.4 Å². The van der Waals surface area contributed by atoms with Gasteiger partial charge in [-0.3, -0.25) is 0 Å². The van der Waals surface area contributed by atoms with Gasteiger partial charge in [-0.15, -0.1) is 0 Å². The first-order valence-electron chi connectivity index (χ1n) is 2.37. The van der Waals surface area contributed by atoms with E-state index in [0.717, 1.165) is 6.92 Å². The lowest BCUT2D eigenvalue weighted by atomic mass is 10.3. The predicted molar refractivity (Wildman–Crippen MR) is 30.9 cm³/mol. The van der Waals surface area contributed by atoms with Gasteiger partial charge in [-0.2, -0.15) is 0 Å². The first-order valence-corrected chi connectivity index (χ1v) is 3.65. The van der Waals surface area contributed by atoms with Crippen molar-refractivity contribution >= 4 is 11.1 Å². The van der Waals surface area contributed by atoms with Gasteiger partial charge in [0.15, 0.2) is 11.1 Å². The fraction of sp³-hybridized carbons (Fsp3) is 1.00. The van der Waals surface area contributed by atoms with Gasteiger partial charge in [0.25, 0.3) is 0 Å². The van der Waals surface area contributed by atoms with Crippen LogP contribution in [0.3, 0.4) is 0 Å². The summed E-state index contributed by atoms with van der Waals surface area (Å²) in [4.78, 5) is 0. The molecule has 1 N–H and O–H groups in total. The Morgan fingerprint density at radius 3 is 2.22 bits per heavy atom. The zero-order chi connectivity index (χ0) is 7.49. The Kier molecular flexibility index (Phi) is 3.21. The van der Waals surface area contributed by atoms with Crippen LogP contribution in [0.5, 0.6) is 0 Å². The molecule has 0 aliphatic carbocycles. The van der Waals surface area contributed by atoms with E-state index in [2.05, 4.69) is 0 Å². The molecule has 0 aliphatic rings. The molecule has 5 heteroatoms. The van der Waals surface area contributed by atoms with Gasteiger partial charge in [-0.25, -0.2) is 13.0 Å². The average Bonchev–Trinajstić information content (AvgIpc) is 1.59. The van der Waals surface area contributed by atoms with Crippen LogP contribution in [0.15, 0.2) is 0 Å². The molecule has 1 unspecified atom stereocenters. The van der Waals surface area contributed by atoms with Gasteiger partial charge in [-0.05, 0) is 6.92 Å². The smallest absolute Gasteiger partial charge is 0.246 e. The average molecular weight is 158 g/mol. The van der Waals surface area contributed by atoms with Gasteiger partial charge < -0.3 is 4.55 Å². The van der Waals surface area contributed by atoms with Gasteiger partial charge in [0, 0.05) is 6.42 Å². The molecule has 0 amide bonds. The van der Waals surface area contributed by atoms with E-state index in [9.17, 15) is 13.0 Å². The lowest BCUT2D eigenvalue weighted by molar-refractivity contribution is 0.0189.